The molecule has 0 saturated heterocycles. The molecular weight excluding hydrogens is 376 g/mol. The maximum absolute atomic E-state index is 12.4. The van der Waals surface area contributed by atoms with Crippen LogP contribution in [0, 0.1) is 0 Å². The van der Waals surface area contributed by atoms with Gasteiger partial charge in [0.25, 0.3) is 10.0 Å². The number of aliphatic hydroxyl groups excluding tert-OH is 1. The maximum atomic E-state index is 12.4. The summed E-state index contributed by atoms with van der Waals surface area (Å²) in [4.78, 5) is 0. The van der Waals surface area contributed by atoms with E-state index in [2.05, 4.69) is 5.10 Å². The molecule has 146 valence electrons. The van der Waals surface area contributed by atoms with E-state index in [0.29, 0.717) is 37.2 Å². The molecule has 2 aromatic carbocycles. The molecule has 1 heterocycles. The van der Waals surface area contributed by atoms with Crippen molar-refractivity contribution in [3.63, 3.8) is 0 Å². The summed E-state index contributed by atoms with van der Waals surface area (Å²) in [5.74, 6) is 0.647. The summed E-state index contributed by atoms with van der Waals surface area (Å²) in [7, 11) is -3.42. The van der Waals surface area contributed by atoms with Crippen molar-refractivity contribution in [3.8, 4) is 16.9 Å². The average Bonchev–Trinajstić information content (AvgIpc) is 3.45. The molecule has 0 bridgehead atoms. The third kappa shape index (κ3) is 3.95. The molecule has 7 heteroatoms. The van der Waals surface area contributed by atoms with Crippen molar-refractivity contribution in [1.29, 1.82) is 0 Å². The summed E-state index contributed by atoms with van der Waals surface area (Å²) >= 11 is 0. The number of aliphatic hydroxyl groups is 1. The molecule has 1 aliphatic carbocycles. The van der Waals surface area contributed by atoms with Crippen molar-refractivity contribution in [2.75, 3.05) is 6.61 Å². The molecule has 3 aromatic rings. The van der Waals surface area contributed by atoms with Crippen molar-refractivity contribution < 1.29 is 18.3 Å². The van der Waals surface area contributed by atoms with Crippen LogP contribution in [0.2, 0.25) is 0 Å². The minimum Gasteiger partial charge on any atom is -0.488 e. The summed E-state index contributed by atoms with van der Waals surface area (Å²) in [5.41, 5.74) is 3.42. The lowest BCUT2D eigenvalue weighted by molar-refractivity contribution is 0.298. The third-order valence-corrected chi connectivity index (χ3v) is 6.79. The van der Waals surface area contributed by atoms with Gasteiger partial charge in [0.15, 0.2) is 0 Å². The van der Waals surface area contributed by atoms with Crippen molar-refractivity contribution in [2.24, 2.45) is 0 Å². The Morgan fingerprint density at radius 2 is 1.89 bits per heavy atom. The second kappa shape index (κ2) is 7.77. The first-order chi connectivity index (χ1) is 13.6. The lowest BCUT2D eigenvalue weighted by atomic mass is 10.0. The minimum absolute atomic E-state index is 0.0407. The quantitative estimate of drug-likeness (QED) is 0.631. The van der Waals surface area contributed by atoms with E-state index >= 15 is 0 Å². The Kier molecular flexibility index (Phi) is 5.19. The highest BCUT2D eigenvalue weighted by atomic mass is 32.2. The predicted octanol–water partition coefficient (Wildman–Crippen LogP) is 3.00. The number of hydrogen-bond acceptors (Lipinski definition) is 5. The molecular formula is C21H22N2O4S. The van der Waals surface area contributed by atoms with Gasteiger partial charge in [-0.15, -0.1) is 0 Å². The van der Waals surface area contributed by atoms with Crippen LogP contribution >= 0.6 is 0 Å². The Morgan fingerprint density at radius 1 is 1.11 bits per heavy atom. The summed E-state index contributed by atoms with van der Waals surface area (Å²) in [6.45, 7) is 0.445. The van der Waals surface area contributed by atoms with Gasteiger partial charge >= 0.3 is 0 Å². The normalized spacial score (nSPS) is 14.2. The standard InChI is InChI=1S/C21H22N2O4S/c24-11-10-16-6-9-21(27-15-17-4-2-1-3-5-17)20(12-16)18-13-22-23(14-18)28(25,26)19-7-8-19/h1-6,9,12-14,19,24H,7-8,10-11,15H2. The highest BCUT2D eigenvalue weighted by Crippen LogP contribution is 2.34. The van der Waals surface area contributed by atoms with Crippen molar-refractivity contribution >= 4 is 10.0 Å². The molecule has 1 saturated carbocycles. The molecule has 0 aliphatic heterocycles. The molecule has 1 N–H and O–H groups in total. The summed E-state index contributed by atoms with van der Waals surface area (Å²) < 4.78 is 32.0. The van der Waals surface area contributed by atoms with E-state index in [1.165, 1.54) is 0 Å². The Hall–Kier alpha value is -2.64. The molecule has 0 amide bonds. The lowest BCUT2D eigenvalue weighted by Crippen LogP contribution is -2.17. The molecule has 1 aliphatic rings. The maximum Gasteiger partial charge on any atom is 0.256 e. The average molecular weight is 398 g/mol. The molecule has 0 radical (unpaired) electrons. The number of rotatable bonds is 8. The molecule has 28 heavy (non-hydrogen) atoms. The first-order valence-corrected chi connectivity index (χ1v) is 10.8. The van der Waals surface area contributed by atoms with Gasteiger partial charge in [0.2, 0.25) is 0 Å². The molecule has 1 aromatic heterocycles. The van der Waals surface area contributed by atoms with Crippen LogP contribution in [-0.2, 0) is 23.1 Å². The van der Waals surface area contributed by atoms with Gasteiger partial charge in [-0.2, -0.15) is 9.19 Å². The molecule has 6 nitrogen and oxygen atoms in total. The van der Waals surface area contributed by atoms with Gasteiger partial charge in [-0.05, 0) is 42.5 Å². The Morgan fingerprint density at radius 3 is 2.61 bits per heavy atom. The predicted molar refractivity (Wildman–Crippen MR) is 107 cm³/mol. The van der Waals surface area contributed by atoms with E-state index in [4.69, 9.17) is 4.74 Å². The van der Waals surface area contributed by atoms with E-state index in [1.807, 2.05) is 48.5 Å². The molecule has 4 rings (SSSR count). The Balaban J connectivity index is 1.65. The van der Waals surface area contributed by atoms with Gasteiger partial charge < -0.3 is 9.84 Å². The first kappa shape index (κ1) is 18.7. The highest BCUT2D eigenvalue weighted by molar-refractivity contribution is 7.90. The van der Waals surface area contributed by atoms with Crippen LogP contribution < -0.4 is 4.74 Å². The molecule has 1 fully saturated rings. The van der Waals surface area contributed by atoms with Gasteiger partial charge in [0, 0.05) is 17.7 Å². The summed E-state index contributed by atoms with van der Waals surface area (Å²) in [6.07, 6.45) is 4.98. The Labute approximate surface area is 164 Å². The SMILES string of the molecule is O=S(=O)(C1CC1)n1cc(-c2cc(CCO)ccc2OCc2ccccc2)cn1. The van der Waals surface area contributed by atoms with E-state index in [-0.39, 0.29) is 11.9 Å². The van der Waals surface area contributed by atoms with E-state index in [1.54, 1.807) is 12.4 Å². The zero-order valence-corrected chi connectivity index (χ0v) is 16.2. The van der Waals surface area contributed by atoms with Gasteiger partial charge in [-0.25, -0.2) is 8.42 Å². The number of hydrogen-bond donors (Lipinski definition) is 1. The largest absolute Gasteiger partial charge is 0.488 e. The molecule has 0 unspecified atom stereocenters. The monoisotopic (exact) mass is 398 g/mol. The van der Waals surface area contributed by atoms with Gasteiger partial charge in [-0.3, -0.25) is 0 Å². The van der Waals surface area contributed by atoms with E-state index < -0.39 is 10.0 Å². The Bertz CT molecular complexity index is 1060. The fourth-order valence-electron chi connectivity index (χ4n) is 3.05. The van der Waals surface area contributed by atoms with Gasteiger partial charge in [0.1, 0.15) is 12.4 Å². The van der Waals surface area contributed by atoms with Crippen LogP contribution in [0.25, 0.3) is 11.1 Å². The second-order valence-electron chi connectivity index (χ2n) is 6.92. The summed E-state index contributed by atoms with van der Waals surface area (Å²) in [6, 6.07) is 15.5. The van der Waals surface area contributed by atoms with Crippen LogP contribution in [0.5, 0.6) is 5.75 Å². The van der Waals surface area contributed by atoms with Crippen LogP contribution in [0.1, 0.15) is 24.0 Å². The fraction of sp³-hybridized carbons (Fsp3) is 0.286. The number of aromatic nitrogens is 2. The second-order valence-corrected chi connectivity index (χ2v) is 8.99. The van der Waals surface area contributed by atoms with E-state index in [0.717, 1.165) is 20.8 Å². The van der Waals surface area contributed by atoms with Crippen LogP contribution in [0.15, 0.2) is 60.9 Å². The lowest BCUT2D eigenvalue weighted by Gasteiger charge is -2.12. The first-order valence-electron chi connectivity index (χ1n) is 9.28. The zero-order chi connectivity index (χ0) is 19.6. The third-order valence-electron chi connectivity index (χ3n) is 4.76. The fourth-order valence-corrected chi connectivity index (χ4v) is 4.53. The van der Waals surface area contributed by atoms with E-state index in [9.17, 15) is 13.5 Å². The zero-order valence-electron chi connectivity index (χ0n) is 15.4. The van der Waals surface area contributed by atoms with Crippen LogP contribution in [0.4, 0.5) is 0 Å². The number of ether oxygens (including phenoxy) is 1. The van der Waals surface area contributed by atoms with Crippen LogP contribution in [0.3, 0.4) is 0 Å². The van der Waals surface area contributed by atoms with Crippen molar-refractivity contribution in [3.05, 3.63) is 72.1 Å². The molecule has 0 spiro atoms. The van der Waals surface area contributed by atoms with Crippen molar-refractivity contribution in [2.45, 2.75) is 31.1 Å². The van der Waals surface area contributed by atoms with Crippen molar-refractivity contribution in [1.82, 2.24) is 9.19 Å². The summed E-state index contributed by atoms with van der Waals surface area (Å²) in [5, 5.41) is 13.0. The molecule has 0 atom stereocenters. The number of nitrogens with zero attached hydrogens (tertiary/aromatic N) is 2. The van der Waals surface area contributed by atoms with Gasteiger partial charge in [-0.1, -0.05) is 36.4 Å². The smallest absolute Gasteiger partial charge is 0.256 e. The minimum atomic E-state index is -3.42. The highest BCUT2D eigenvalue weighted by Gasteiger charge is 2.37. The van der Waals surface area contributed by atoms with Crippen LogP contribution in [-0.4, -0.2) is 34.6 Å². The number of benzene rings is 2. The van der Waals surface area contributed by atoms with Gasteiger partial charge in [0.05, 0.1) is 17.6 Å². The topological polar surface area (TPSA) is 81.4 Å².